The molecule has 7 heteroatoms. The van der Waals surface area contributed by atoms with Crippen molar-refractivity contribution in [2.45, 2.75) is 33.4 Å². The highest BCUT2D eigenvalue weighted by molar-refractivity contribution is 7.18. The Hall–Kier alpha value is -2.77. The molecule has 0 radical (unpaired) electrons. The summed E-state index contributed by atoms with van der Waals surface area (Å²) in [5.41, 5.74) is 3.79. The first kappa shape index (κ1) is 21.0. The first-order valence-electron chi connectivity index (χ1n) is 9.65. The summed E-state index contributed by atoms with van der Waals surface area (Å²) in [5.74, 6) is -0.382. The van der Waals surface area contributed by atoms with E-state index in [2.05, 4.69) is 21.7 Å². The largest absolute Gasteiger partial charge is 0.342 e. The fourth-order valence-corrected chi connectivity index (χ4v) is 4.19. The summed E-state index contributed by atoms with van der Waals surface area (Å²) in [4.78, 5) is 30.4. The van der Waals surface area contributed by atoms with Crippen molar-refractivity contribution in [3.63, 3.8) is 0 Å². The quantitative estimate of drug-likeness (QED) is 0.557. The van der Waals surface area contributed by atoms with Gasteiger partial charge in [0.15, 0.2) is 6.04 Å². The molecule has 1 unspecified atom stereocenters. The van der Waals surface area contributed by atoms with Gasteiger partial charge < -0.3 is 15.5 Å². The Morgan fingerprint density at radius 3 is 2.48 bits per heavy atom. The van der Waals surface area contributed by atoms with Crippen LogP contribution in [0.5, 0.6) is 0 Å². The number of likely N-dealkylation sites (N-methyl/N-ethyl adjacent to an activating group) is 1. The third kappa shape index (κ3) is 5.19. The van der Waals surface area contributed by atoms with Crippen LogP contribution in [-0.4, -0.2) is 36.4 Å². The average molecular weight is 412 g/mol. The fourth-order valence-electron chi connectivity index (χ4n) is 3.13. The van der Waals surface area contributed by atoms with E-state index in [1.54, 1.807) is 11.3 Å². The van der Waals surface area contributed by atoms with Crippen LogP contribution in [0.15, 0.2) is 42.5 Å². The molecule has 0 saturated heterocycles. The third-order valence-electron chi connectivity index (χ3n) is 5.07. The molecule has 0 aliphatic heterocycles. The Bertz CT molecular complexity index is 977. The zero-order valence-corrected chi connectivity index (χ0v) is 18.0. The lowest BCUT2D eigenvalue weighted by Gasteiger charge is -2.20. The van der Waals surface area contributed by atoms with Gasteiger partial charge >= 0.3 is 0 Å². The molecule has 1 aromatic heterocycles. The number of nitrogens with one attached hydrogen (secondary N) is 3. The predicted molar refractivity (Wildman–Crippen MR) is 117 cm³/mol. The lowest BCUT2D eigenvalue weighted by atomic mass is 10.1. The van der Waals surface area contributed by atoms with Crippen molar-refractivity contribution in [2.75, 3.05) is 18.9 Å². The van der Waals surface area contributed by atoms with E-state index < -0.39 is 0 Å². The molecule has 0 aliphatic rings. The molecule has 2 atom stereocenters. The normalized spacial score (nSPS) is 13.1. The van der Waals surface area contributed by atoms with Crippen molar-refractivity contribution in [3.8, 4) is 0 Å². The average Bonchev–Trinajstić information content (AvgIpc) is 3.10. The number of fused-ring (bicyclic) bond motifs is 1. The maximum absolute atomic E-state index is 12.5. The maximum atomic E-state index is 12.5. The van der Waals surface area contributed by atoms with Crippen LogP contribution in [0.2, 0.25) is 0 Å². The highest BCUT2D eigenvalue weighted by Gasteiger charge is 2.23. The molecule has 2 aromatic carbocycles. The molecule has 29 heavy (non-hydrogen) atoms. The predicted octanol–water partition coefficient (Wildman–Crippen LogP) is 2.07. The first-order chi connectivity index (χ1) is 13.8. The number of nitrogens with zero attached hydrogens (tertiary/aromatic N) is 1. The van der Waals surface area contributed by atoms with E-state index in [1.807, 2.05) is 64.2 Å². The smallest absolute Gasteiger partial charge is 0.278 e. The summed E-state index contributed by atoms with van der Waals surface area (Å²) >= 11 is 1.65. The van der Waals surface area contributed by atoms with Gasteiger partial charge in [0.1, 0.15) is 11.6 Å². The zero-order valence-electron chi connectivity index (χ0n) is 17.2. The third-order valence-corrected chi connectivity index (χ3v) is 6.11. The summed E-state index contributed by atoms with van der Waals surface area (Å²) in [6, 6.07) is 13.6. The molecule has 3 aromatic rings. The number of carbonyl (C=O) groups is 2. The SMILES string of the molecule is Cc1cccc(C)c1NC(=O)CNC(=O)[C@H](C)[NH+](C)Cc1nc2ccccc2s1. The van der Waals surface area contributed by atoms with Gasteiger partial charge in [0.05, 0.1) is 23.8 Å². The Morgan fingerprint density at radius 2 is 1.79 bits per heavy atom. The number of aromatic nitrogens is 1. The number of hydrogen-bond donors (Lipinski definition) is 3. The second kappa shape index (κ2) is 9.15. The monoisotopic (exact) mass is 411 g/mol. The molecule has 3 N–H and O–H groups in total. The van der Waals surface area contributed by atoms with Crippen LogP contribution >= 0.6 is 11.3 Å². The number of quaternary nitrogens is 1. The van der Waals surface area contributed by atoms with E-state index in [4.69, 9.17) is 0 Å². The van der Waals surface area contributed by atoms with Crippen LogP contribution in [0.4, 0.5) is 5.69 Å². The molecule has 0 aliphatic carbocycles. The molecule has 2 amide bonds. The molecule has 0 fully saturated rings. The van der Waals surface area contributed by atoms with E-state index in [0.717, 1.165) is 36.9 Å². The second-order valence-electron chi connectivity index (χ2n) is 7.35. The van der Waals surface area contributed by atoms with Gasteiger partial charge in [-0.1, -0.05) is 30.3 Å². The van der Waals surface area contributed by atoms with Crippen molar-refractivity contribution in [1.29, 1.82) is 0 Å². The molecular weight excluding hydrogens is 384 g/mol. The van der Waals surface area contributed by atoms with E-state index in [9.17, 15) is 9.59 Å². The van der Waals surface area contributed by atoms with E-state index in [1.165, 1.54) is 0 Å². The zero-order chi connectivity index (χ0) is 21.0. The van der Waals surface area contributed by atoms with E-state index in [0.29, 0.717) is 6.54 Å². The molecule has 3 rings (SSSR count). The van der Waals surface area contributed by atoms with Crippen molar-refractivity contribution >= 4 is 39.1 Å². The Morgan fingerprint density at radius 1 is 1.10 bits per heavy atom. The van der Waals surface area contributed by atoms with Gasteiger partial charge in [-0.05, 0) is 44.0 Å². The van der Waals surface area contributed by atoms with Crippen LogP contribution in [0.25, 0.3) is 10.2 Å². The van der Waals surface area contributed by atoms with Gasteiger partial charge in [-0.3, -0.25) is 9.59 Å². The number of carbonyl (C=O) groups excluding carboxylic acids is 2. The summed E-state index contributed by atoms with van der Waals surface area (Å²) in [5, 5.41) is 6.63. The number of thiazole rings is 1. The Kier molecular flexibility index (Phi) is 6.61. The summed E-state index contributed by atoms with van der Waals surface area (Å²) in [7, 11) is 1.97. The number of anilines is 1. The number of amides is 2. The molecule has 0 bridgehead atoms. The minimum Gasteiger partial charge on any atom is -0.342 e. The van der Waals surface area contributed by atoms with E-state index in [-0.39, 0.29) is 24.4 Å². The standard InChI is InChI=1S/C22H26N4O2S/c1-14-8-7-9-15(2)21(14)25-19(27)12-23-22(28)16(3)26(4)13-20-24-17-10-5-6-11-18(17)29-20/h5-11,16H,12-13H2,1-4H3,(H,23,28)(H,25,27)/p+1/t16-/m0/s1. The van der Waals surface area contributed by atoms with Crippen LogP contribution in [0.3, 0.4) is 0 Å². The van der Waals surface area contributed by atoms with Gasteiger partial charge in [-0.25, -0.2) is 4.98 Å². The van der Waals surface area contributed by atoms with Crippen LogP contribution in [0, 0.1) is 13.8 Å². The van der Waals surface area contributed by atoms with Crippen LogP contribution < -0.4 is 15.5 Å². The Labute approximate surface area is 174 Å². The number of aryl methyl sites for hydroxylation is 2. The van der Waals surface area contributed by atoms with Gasteiger partial charge in [0, 0.05) is 5.69 Å². The lowest BCUT2D eigenvalue weighted by molar-refractivity contribution is -0.908. The number of hydrogen-bond acceptors (Lipinski definition) is 4. The first-order valence-corrected chi connectivity index (χ1v) is 10.5. The Balaban J connectivity index is 1.52. The highest BCUT2D eigenvalue weighted by Crippen LogP contribution is 2.21. The fraction of sp³-hybridized carbons (Fsp3) is 0.318. The van der Waals surface area contributed by atoms with Gasteiger partial charge in [0.2, 0.25) is 5.91 Å². The molecule has 6 nitrogen and oxygen atoms in total. The summed E-state index contributed by atoms with van der Waals surface area (Å²) in [6.07, 6.45) is 0. The number of rotatable bonds is 7. The van der Waals surface area contributed by atoms with Gasteiger partial charge in [0.25, 0.3) is 5.91 Å². The van der Waals surface area contributed by atoms with Crippen LogP contribution in [-0.2, 0) is 16.1 Å². The lowest BCUT2D eigenvalue weighted by Crippen LogP contribution is -3.12. The topological polar surface area (TPSA) is 75.5 Å². The molecule has 152 valence electrons. The van der Waals surface area contributed by atoms with Crippen molar-refractivity contribution < 1.29 is 14.5 Å². The van der Waals surface area contributed by atoms with Gasteiger partial charge in [-0.2, -0.15) is 0 Å². The number of benzene rings is 2. The second-order valence-corrected chi connectivity index (χ2v) is 8.47. The van der Waals surface area contributed by atoms with Crippen molar-refractivity contribution in [3.05, 3.63) is 58.6 Å². The van der Waals surface area contributed by atoms with Crippen molar-refractivity contribution in [1.82, 2.24) is 10.3 Å². The van der Waals surface area contributed by atoms with Crippen LogP contribution in [0.1, 0.15) is 23.1 Å². The summed E-state index contributed by atoms with van der Waals surface area (Å²) in [6.45, 7) is 6.36. The highest BCUT2D eigenvalue weighted by atomic mass is 32.1. The minimum atomic E-state index is -0.296. The molecule has 0 spiro atoms. The number of para-hydroxylation sites is 2. The molecule has 1 heterocycles. The maximum Gasteiger partial charge on any atom is 0.278 e. The van der Waals surface area contributed by atoms with Gasteiger partial charge in [-0.15, -0.1) is 11.3 Å². The minimum absolute atomic E-state index is 0.0502. The summed E-state index contributed by atoms with van der Waals surface area (Å²) < 4.78 is 1.15. The van der Waals surface area contributed by atoms with Crippen molar-refractivity contribution in [2.24, 2.45) is 0 Å². The molecule has 0 saturated carbocycles. The molecular formula is C22H27N4O2S+. The van der Waals surface area contributed by atoms with E-state index >= 15 is 0 Å².